The van der Waals surface area contributed by atoms with Crippen molar-refractivity contribution in [2.45, 2.75) is 0 Å². The van der Waals surface area contributed by atoms with Crippen molar-refractivity contribution in [1.29, 1.82) is 10.5 Å². The molecule has 1 aliphatic heterocycles. The molecular formula is C16H15FN4. The number of halogens is 1. The fraction of sp³-hybridized carbons (Fsp3) is 0.250. The van der Waals surface area contributed by atoms with Crippen LogP contribution in [0.1, 0.15) is 0 Å². The van der Waals surface area contributed by atoms with Gasteiger partial charge in [0.2, 0.25) is 0 Å². The smallest absolute Gasteiger partial charge is 0.135 e. The summed E-state index contributed by atoms with van der Waals surface area (Å²) in [6.07, 6.45) is 1.91. The van der Waals surface area contributed by atoms with Crippen LogP contribution in [0.5, 0.6) is 0 Å². The van der Waals surface area contributed by atoms with Gasteiger partial charge >= 0.3 is 0 Å². The number of benzene rings is 1. The maximum absolute atomic E-state index is 13.0. The third kappa shape index (κ3) is 3.21. The summed E-state index contributed by atoms with van der Waals surface area (Å²) >= 11 is 0. The van der Waals surface area contributed by atoms with Gasteiger partial charge in [-0.05, 0) is 29.8 Å². The molecule has 0 atom stereocenters. The zero-order valence-corrected chi connectivity index (χ0v) is 12.0. The highest BCUT2D eigenvalue weighted by Crippen LogP contribution is 2.29. The lowest BCUT2D eigenvalue weighted by molar-refractivity contribution is 0.559. The zero-order valence-electron chi connectivity index (χ0n) is 12.0. The predicted molar refractivity (Wildman–Crippen MR) is 78.6 cm³/mol. The van der Waals surface area contributed by atoms with Gasteiger partial charge in [-0.2, -0.15) is 10.5 Å². The van der Waals surface area contributed by atoms with Crippen molar-refractivity contribution in [1.82, 2.24) is 4.90 Å². The second-order valence-electron chi connectivity index (χ2n) is 5.03. The molecule has 0 spiro atoms. The van der Waals surface area contributed by atoms with Crippen molar-refractivity contribution < 1.29 is 4.39 Å². The minimum atomic E-state index is -0.285. The van der Waals surface area contributed by atoms with Crippen LogP contribution < -0.4 is 4.90 Å². The van der Waals surface area contributed by atoms with Crippen molar-refractivity contribution in [3.8, 4) is 12.1 Å². The van der Waals surface area contributed by atoms with Crippen LogP contribution in [0.15, 0.2) is 47.2 Å². The van der Waals surface area contributed by atoms with Gasteiger partial charge in [0.15, 0.2) is 0 Å². The average molecular weight is 282 g/mol. The number of hydrogen-bond acceptors (Lipinski definition) is 4. The van der Waals surface area contributed by atoms with Crippen LogP contribution in [-0.4, -0.2) is 32.1 Å². The Morgan fingerprint density at radius 1 is 1.19 bits per heavy atom. The summed E-state index contributed by atoms with van der Waals surface area (Å²) in [5, 5.41) is 18.2. The normalized spacial score (nSPS) is 15.8. The highest BCUT2D eigenvalue weighted by Gasteiger charge is 2.25. The van der Waals surface area contributed by atoms with E-state index >= 15 is 0 Å². The van der Waals surface area contributed by atoms with Crippen molar-refractivity contribution >= 4 is 5.69 Å². The van der Waals surface area contributed by atoms with E-state index in [9.17, 15) is 4.39 Å². The molecule has 0 radical (unpaired) electrons. The summed E-state index contributed by atoms with van der Waals surface area (Å²) in [5.74, 6) is -0.285. The van der Waals surface area contributed by atoms with E-state index in [0.717, 1.165) is 16.8 Å². The van der Waals surface area contributed by atoms with Gasteiger partial charge < -0.3 is 9.80 Å². The zero-order chi connectivity index (χ0) is 15.4. The first-order chi connectivity index (χ1) is 10.0. The molecule has 0 amide bonds. The molecular weight excluding hydrogens is 267 g/mol. The lowest BCUT2D eigenvalue weighted by Gasteiger charge is -2.16. The van der Waals surface area contributed by atoms with E-state index in [1.807, 2.05) is 42.2 Å². The fourth-order valence-electron chi connectivity index (χ4n) is 2.31. The highest BCUT2D eigenvalue weighted by atomic mass is 19.1. The second kappa shape index (κ2) is 6.11. The van der Waals surface area contributed by atoms with Gasteiger partial charge in [0.05, 0.1) is 0 Å². The van der Waals surface area contributed by atoms with E-state index in [4.69, 9.17) is 10.5 Å². The van der Waals surface area contributed by atoms with Gasteiger partial charge in [-0.25, -0.2) is 4.39 Å². The Hall–Kier alpha value is -2.79. The molecule has 1 fully saturated rings. The van der Waals surface area contributed by atoms with Gasteiger partial charge in [0, 0.05) is 44.6 Å². The Balaban J connectivity index is 2.40. The van der Waals surface area contributed by atoms with Gasteiger partial charge in [-0.1, -0.05) is 0 Å². The van der Waals surface area contributed by atoms with Crippen LogP contribution in [0, 0.1) is 28.5 Å². The van der Waals surface area contributed by atoms with Gasteiger partial charge in [-0.3, -0.25) is 0 Å². The van der Waals surface area contributed by atoms with Crippen molar-refractivity contribution in [3.05, 3.63) is 53.0 Å². The first-order valence-electron chi connectivity index (χ1n) is 6.46. The number of rotatable bonds is 2. The van der Waals surface area contributed by atoms with Crippen molar-refractivity contribution in [3.63, 3.8) is 0 Å². The molecule has 1 aromatic carbocycles. The Bertz CT molecular complexity index is 656. The molecule has 5 heteroatoms. The van der Waals surface area contributed by atoms with E-state index < -0.39 is 0 Å². The monoisotopic (exact) mass is 282 g/mol. The molecule has 1 aromatic rings. The molecule has 1 saturated heterocycles. The molecule has 0 unspecified atom stereocenters. The molecule has 21 heavy (non-hydrogen) atoms. The topological polar surface area (TPSA) is 54.1 Å². The molecule has 1 heterocycles. The number of allylic oxidation sites excluding steroid dienone is 1. The minimum absolute atomic E-state index is 0.132. The Kier molecular flexibility index (Phi) is 4.25. The first-order valence-corrected chi connectivity index (χ1v) is 6.46. The Morgan fingerprint density at radius 2 is 1.81 bits per heavy atom. The number of anilines is 1. The van der Waals surface area contributed by atoms with Gasteiger partial charge in [-0.15, -0.1) is 0 Å². The second-order valence-corrected chi connectivity index (χ2v) is 5.03. The molecule has 1 aliphatic rings. The third-order valence-electron chi connectivity index (χ3n) is 3.23. The Labute approximate surface area is 123 Å². The third-order valence-corrected chi connectivity index (χ3v) is 3.23. The molecule has 0 aliphatic carbocycles. The summed E-state index contributed by atoms with van der Waals surface area (Å²) in [7, 11) is 3.78. The molecule has 4 nitrogen and oxygen atoms in total. The van der Waals surface area contributed by atoms with E-state index in [0.29, 0.717) is 13.1 Å². The SMILES string of the molecule is CN(C)/C=C1/CN(c2ccc(F)cc2)CC1=C(C#N)C#N. The van der Waals surface area contributed by atoms with Crippen LogP contribution in [0.25, 0.3) is 0 Å². The summed E-state index contributed by atoms with van der Waals surface area (Å²) < 4.78 is 13.0. The molecule has 0 saturated carbocycles. The molecule has 0 bridgehead atoms. The fourth-order valence-corrected chi connectivity index (χ4v) is 2.31. The molecule has 0 aromatic heterocycles. The van der Waals surface area contributed by atoms with E-state index in [1.54, 1.807) is 12.1 Å². The number of nitriles is 2. The van der Waals surface area contributed by atoms with Gasteiger partial charge in [0.1, 0.15) is 23.5 Å². The first kappa shape index (κ1) is 14.6. The number of nitrogens with zero attached hydrogens (tertiary/aromatic N) is 4. The largest absolute Gasteiger partial charge is 0.383 e. The minimum Gasteiger partial charge on any atom is -0.383 e. The Morgan fingerprint density at radius 3 is 2.33 bits per heavy atom. The van der Waals surface area contributed by atoms with Crippen LogP contribution in [-0.2, 0) is 0 Å². The van der Waals surface area contributed by atoms with Crippen LogP contribution >= 0.6 is 0 Å². The molecule has 0 N–H and O–H groups in total. The van der Waals surface area contributed by atoms with Crippen LogP contribution in [0.4, 0.5) is 10.1 Å². The highest BCUT2D eigenvalue weighted by molar-refractivity contribution is 5.61. The molecule has 2 rings (SSSR count). The summed E-state index contributed by atoms with van der Waals surface area (Å²) in [6, 6.07) is 10.1. The van der Waals surface area contributed by atoms with Crippen LogP contribution in [0.3, 0.4) is 0 Å². The quantitative estimate of drug-likeness (QED) is 0.782. The van der Waals surface area contributed by atoms with Crippen molar-refractivity contribution in [2.24, 2.45) is 0 Å². The molecule has 106 valence electrons. The van der Waals surface area contributed by atoms with Crippen molar-refractivity contribution in [2.75, 3.05) is 32.1 Å². The van der Waals surface area contributed by atoms with Gasteiger partial charge in [0.25, 0.3) is 0 Å². The lowest BCUT2D eigenvalue weighted by atomic mass is 10.1. The maximum atomic E-state index is 13.0. The summed E-state index contributed by atoms with van der Waals surface area (Å²) in [6.45, 7) is 1.06. The van der Waals surface area contributed by atoms with E-state index in [1.165, 1.54) is 12.1 Å². The van der Waals surface area contributed by atoms with E-state index in [2.05, 4.69) is 0 Å². The summed E-state index contributed by atoms with van der Waals surface area (Å²) in [5.41, 5.74) is 2.67. The average Bonchev–Trinajstić information content (AvgIpc) is 2.84. The lowest BCUT2D eigenvalue weighted by Crippen LogP contribution is -2.18. The maximum Gasteiger partial charge on any atom is 0.135 e. The van der Waals surface area contributed by atoms with E-state index in [-0.39, 0.29) is 11.4 Å². The van der Waals surface area contributed by atoms with Crippen LogP contribution in [0.2, 0.25) is 0 Å². The summed E-state index contributed by atoms with van der Waals surface area (Å²) in [4.78, 5) is 3.90. The number of hydrogen-bond donors (Lipinski definition) is 0. The predicted octanol–water partition coefficient (Wildman–Crippen LogP) is 2.43. The standard InChI is InChI=1S/C16H15FN4/c1-20(2)9-13-10-21(11-16(13)12(7-18)8-19)15-5-3-14(17)4-6-15/h3-6,9H,10-11H2,1-2H3/b13-9-.